The third-order valence-corrected chi connectivity index (χ3v) is 5.07. The fraction of sp³-hybridized carbons (Fsp3) is 1.00. The molecule has 0 saturated heterocycles. The summed E-state index contributed by atoms with van der Waals surface area (Å²) >= 11 is 0. The van der Waals surface area contributed by atoms with Crippen molar-refractivity contribution in [1.82, 2.24) is 0 Å². The van der Waals surface area contributed by atoms with Gasteiger partial charge in [0.1, 0.15) is 0 Å². The van der Waals surface area contributed by atoms with Crippen molar-refractivity contribution in [2.75, 3.05) is 7.11 Å². The van der Waals surface area contributed by atoms with Crippen LogP contribution in [0.5, 0.6) is 0 Å². The Kier molecular flexibility index (Phi) is 1.81. The maximum atomic E-state index is 6.21. The van der Waals surface area contributed by atoms with Gasteiger partial charge in [-0.2, -0.15) is 0 Å². The first-order chi connectivity index (χ1) is 5.95. The van der Waals surface area contributed by atoms with Gasteiger partial charge in [0.2, 0.25) is 0 Å². The lowest BCUT2D eigenvalue weighted by atomic mass is 9.70. The smallest absolute Gasteiger partial charge is 0.0783 e. The molecule has 2 bridgehead atoms. The van der Waals surface area contributed by atoms with E-state index in [4.69, 9.17) is 10.5 Å². The summed E-state index contributed by atoms with van der Waals surface area (Å²) < 4.78 is 5.57. The first kappa shape index (κ1) is 9.47. The minimum Gasteiger partial charge on any atom is -0.379 e. The number of rotatable bonds is 1. The molecule has 0 heterocycles. The van der Waals surface area contributed by atoms with Crippen LogP contribution in [-0.2, 0) is 4.74 Å². The molecule has 13 heavy (non-hydrogen) atoms. The molecule has 0 amide bonds. The number of ether oxygens (including phenoxy) is 1. The highest BCUT2D eigenvalue weighted by Crippen LogP contribution is 2.65. The van der Waals surface area contributed by atoms with Crippen LogP contribution >= 0.6 is 0 Å². The quantitative estimate of drug-likeness (QED) is 0.672. The van der Waals surface area contributed by atoms with Crippen molar-refractivity contribution >= 4 is 0 Å². The Balaban J connectivity index is 2.40. The van der Waals surface area contributed by atoms with Gasteiger partial charge in [-0.1, -0.05) is 20.8 Å². The molecule has 2 N–H and O–H groups in total. The summed E-state index contributed by atoms with van der Waals surface area (Å²) in [4.78, 5) is 0. The van der Waals surface area contributed by atoms with Gasteiger partial charge in [0.15, 0.2) is 0 Å². The monoisotopic (exact) mass is 183 g/mol. The summed E-state index contributed by atoms with van der Waals surface area (Å²) in [5.74, 6) is 0.655. The highest BCUT2D eigenvalue weighted by molar-refractivity contribution is 5.16. The molecule has 2 fully saturated rings. The second kappa shape index (κ2) is 2.48. The zero-order chi connectivity index (χ0) is 9.85. The van der Waals surface area contributed by atoms with Crippen LogP contribution in [0.1, 0.15) is 33.6 Å². The zero-order valence-electron chi connectivity index (χ0n) is 9.13. The topological polar surface area (TPSA) is 35.2 Å². The third-order valence-electron chi connectivity index (χ3n) is 5.07. The van der Waals surface area contributed by atoms with Gasteiger partial charge in [0.05, 0.1) is 6.10 Å². The molecule has 0 aromatic heterocycles. The summed E-state index contributed by atoms with van der Waals surface area (Å²) in [5.41, 5.74) is 6.86. The molecule has 2 aliphatic carbocycles. The van der Waals surface area contributed by atoms with Crippen LogP contribution in [-0.4, -0.2) is 19.3 Å². The highest BCUT2D eigenvalue weighted by atomic mass is 16.5. The standard InChI is InChI=1S/C11H21NO/c1-10(2)7-5-6-11(10,3)9(13-4)8(7)12/h7-9H,5-6,12H2,1-4H3/t7-,8+,9+,11+/m1/s1. The fourth-order valence-corrected chi connectivity index (χ4v) is 3.80. The van der Waals surface area contributed by atoms with E-state index in [-0.39, 0.29) is 12.1 Å². The molecule has 4 atom stereocenters. The van der Waals surface area contributed by atoms with Crippen molar-refractivity contribution in [3.63, 3.8) is 0 Å². The zero-order valence-corrected chi connectivity index (χ0v) is 9.13. The fourth-order valence-electron chi connectivity index (χ4n) is 3.80. The van der Waals surface area contributed by atoms with E-state index >= 15 is 0 Å². The molecule has 2 aliphatic rings. The Morgan fingerprint density at radius 2 is 1.92 bits per heavy atom. The van der Waals surface area contributed by atoms with Gasteiger partial charge < -0.3 is 10.5 Å². The molecule has 2 rings (SSSR count). The molecule has 0 unspecified atom stereocenters. The molecule has 0 aromatic carbocycles. The Labute approximate surface area is 80.8 Å². The Morgan fingerprint density at radius 1 is 1.31 bits per heavy atom. The first-order valence-corrected chi connectivity index (χ1v) is 5.23. The molecule has 2 saturated carbocycles. The number of hydrogen-bond acceptors (Lipinski definition) is 2. The van der Waals surface area contributed by atoms with Crippen molar-refractivity contribution < 1.29 is 4.74 Å². The van der Waals surface area contributed by atoms with Gasteiger partial charge in [-0.15, -0.1) is 0 Å². The van der Waals surface area contributed by atoms with Gasteiger partial charge in [-0.05, 0) is 24.2 Å². The summed E-state index contributed by atoms with van der Waals surface area (Å²) in [7, 11) is 1.80. The maximum Gasteiger partial charge on any atom is 0.0783 e. The molecular weight excluding hydrogens is 162 g/mol. The largest absolute Gasteiger partial charge is 0.379 e. The van der Waals surface area contributed by atoms with Crippen LogP contribution < -0.4 is 5.73 Å². The normalized spacial score (nSPS) is 52.8. The van der Waals surface area contributed by atoms with E-state index in [1.54, 1.807) is 7.11 Å². The minimum absolute atomic E-state index is 0.249. The second-order valence-electron chi connectivity index (χ2n) is 5.52. The van der Waals surface area contributed by atoms with Gasteiger partial charge in [0.25, 0.3) is 0 Å². The summed E-state index contributed by atoms with van der Waals surface area (Å²) in [6.07, 6.45) is 2.82. The van der Waals surface area contributed by atoms with Gasteiger partial charge >= 0.3 is 0 Å². The SMILES string of the molecule is CO[C@H]1[C@@H](N)[C@H]2CC[C@]1(C)C2(C)C. The lowest BCUT2D eigenvalue weighted by Crippen LogP contribution is -2.45. The molecule has 0 aromatic rings. The summed E-state index contributed by atoms with van der Waals surface area (Å²) in [6.45, 7) is 7.04. The van der Waals surface area contributed by atoms with Gasteiger partial charge in [-0.25, -0.2) is 0 Å². The number of hydrogen-bond donors (Lipinski definition) is 1. The van der Waals surface area contributed by atoms with Crippen LogP contribution in [0.4, 0.5) is 0 Å². The van der Waals surface area contributed by atoms with Crippen LogP contribution in [0.2, 0.25) is 0 Å². The van der Waals surface area contributed by atoms with Gasteiger partial charge in [0, 0.05) is 18.6 Å². The average molecular weight is 183 g/mol. The minimum atomic E-state index is 0.249. The molecule has 2 nitrogen and oxygen atoms in total. The second-order valence-corrected chi connectivity index (χ2v) is 5.52. The molecule has 0 spiro atoms. The van der Waals surface area contributed by atoms with Crippen molar-refractivity contribution in [1.29, 1.82) is 0 Å². The Hall–Kier alpha value is -0.0800. The maximum absolute atomic E-state index is 6.21. The lowest BCUT2D eigenvalue weighted by Gasteiger charge is -2.38. The van der Waals surface area contributed by atoms with Crippen molar-refractivity contribution in [3.8, 4) is 0 Å². The predicted octanol–water partition coefficient (Wildman–Crippen LogP) is 1.78. The third kappa shape index (κ3) is 0.861. The average Bonchev–Trinajstić information content (AvgIpc) is 2.32. The molecular formula is C11H21NO. The van der Waals surface area contributed by atoms with Crippen molar-refractivity contribution in [2.24, 2.45) is 22.5 Å². The summed E-state index contributed by atoms with van der Waals surface area (Å²) in [6, 6.07) is 0.249. The number of methoxy groups -OCH3 is 1. The molecule has 0 aliphatic heterocycles. The van der Waals surface area contributed by atoms with Crippen molar-refractivity contribution in [3.05, 3.63) is 0 Å². The first-order valence-electron chi connectivity index (χ1n) is 5.23. The van der Waals surface area contributed by atoms with Crippen LogP contribution in [0.3, 0.4) is 0 Å². The van der Waals surface area contributed by atoms with Crippen molar-refractivity contribution in [2.45, 2.75) is 45.8 Å². The molecule has 2 heteroatoms. The van der Waals surface area contributed by atoms with E-state index < -0.39 is 0 Å². The molecule has 76 valence electrons. The van der Waals surface area contributed by atoms with Gasteiger partial charge in [-0.3, -0.25) is 0 Å². The van der Waals surface area contributed by atoms with E-state index in [0.717, 1.165) is 0 Å². The number of fused-ring (bicyclic) bond motifs is 2. The Bertz CT molecular complexity index is 226. The van der Waals surface area contributed by atoms with E-state index in [0.29, 0.717) is 16.7 Å². The van der Waals surface area contributed by atoms with E-state index in [1.165, 1.54) is 12.8 Å². The van der Waals surface area contributed by atoms with E-state index in [2.05, 4.69) is 20.8 Å². The predicted molar refractivity (Wildman–Crippen MR) is 53.4 cm³/mol. The lowest BCUT2D eigenvalue weighted by molar-refractivity contribution is -0.0269. The Morgan fingerprint density at radius 3 is 2.23 bits per heavy atom. The van der Waals surface area contributed by atoms with E-state index in [9.17, 15) is 0 Å². The molecule has 0 radical (unpaired) electrons. The number of nitrogens with two attached hydrogens (primary N) is 1. The van der Waals surface area contributed by atoms with Crippen LogP contribution in [0, 0.1) is 16.7 Å². The summed E-state index contributed by atoms with van der Waals surface area (Å²) in [5, 5.41) is 0. The van der Waals surface area contributed by atoms with E-state index in [1.807, 2.05) is 0 Å². The van der Waals surface area contributed by atoms with Crippen LogP contribution in [0.25, 0.3) is 0 Å². The highest BCUT2D eigenvalue weighted by Gasteiger charge is 2.65. The van der Waals surface area contributed by atoms with Crippen LogP contribution in [0.15, 0.2) is 0 Å².